The molecule has 0 bridgehead atoms. The van der Waals surface area contributed by atoms with E-state index in [2.05, 4.69) is 10.3 Å². The van der Waals surface area contributed by atoms with Crippen molar-refractivity contribution in [2.75, 3.05) is 6.54 Å². The average Bonchev–Trinajstić information content (AvgIpc) is 3.33. The number of nitrogens with one attached hydrogen (secondary N) is 1. The summed E-state index contributed by atoms with van der Waals surface area (Å²) in [6.45, 7) is 5.64. The maximum Gasteiger partial charge on any atom is 0.417 e. The monoisotopic (exact) mass is 507 g/mol. The van der Waals surface area contributed by atoms with Gasteiger partial charge in [0.1, 0.15) is 11.4 Å². The number of alkyl halides is 3. The molecular formula is C29H28F3N3O2. The van der Waals surface area contributed by atoms with Crippen LogP contribution in [0.15, 0.2) is 79.0 Å². The van der Waals surface area contributed by atoms with Crippen molar-refractivity contribution in [2.24, 2.45) is 0 Å². The maximum absolute atomic E-state index is 13.8. The van der Waals surface area contributed by atoms with Crippen molar-refractivity contribution in [3.05, 3.63) is 95.8 Å². The molecule has 5 nitrogen and oxygen atoms in total. The number of halogens is 3. The van der Waals surface area contributed by atoms with Gasteiger partial charge in [0, 0.05) is 29.6 Å². The molecular weight excluding hydrogens is 479 g/mol. The van der Waals surface area contributed by atoms with Gasteiger partial charge in [-0.1, -0.05) is 49.4 Å². The lowest BCUT2D eigenvalue weighted by Gasteiger charge is -2.14. The second kappa shape index (κ2) is 10.2. The molecule has 1 amide bonds. The largest absolute Gasteiger partial charge is 0.417 e. The predicted molar refractivity (Wildman–Crippen MR) is 137 cm³/mol. The summed E-state index contributed by atoms with van der Waals surface area (Å²) in [7, 11) is 0. The molecule has 0 aliphatic rings. The fourth-order valence-corrected chi connectivity index (χ4v) is 3.98. The molecule has 0 aliphatic carbocycles. The van der Waals surface area contributed by atoms with Crippen LogP contribution in [0.3, 0.4) is 0 Å². The Morgan fingerprint density at radius 1 is 0.973 bits per heavy atom. The van der Waals surface area contributed by atoms with Crippen molar-refractivity contribution in [3.63, 3.8) is 0 Å². The Kier molecular flexibility index (Phi) is 7.23. The van der Waals surface area contributed by atoms with Crippen molar-refractivity contribution in [1.82, 2.24) is 14.9 Å². The number of aliphatic hydroxyl groups is 1. The highest BCUT2D eigenvalue weighted by molar-refractivity contribution is 5.95. The molecule has 3 aromatic carbocycles. The second-order valence-corrected chi connectivity index (χ2v) is 9.31. The number of amides is 1. The van der Waals surface area contributed by atoms with Gasteiger partial charge in [0.15, 0.2) is 0 Å². The lowest BCUT2D eigenvalue weighted by molar-refractivity contribution is -0.137. The highest BCUT2D eigenvalue weighted by Gasteiger charge is 2.35. The first-order valence-electron chi connectivity index (χ1n) is 12.0. The highest BCUT2D eigenvalue weighted by Crippen LogP contribution is 2.38. The molecule has 0 spiro atoms. The number of carbonyl (C=O) groups excluding carboxylic acids is 1. The molecule has 37 heavy (non-hydrogen) atoms. The van der Waals surface area contributed by atoms with Crippen molar-refractivity contribution in [2.45, 2.75) is 39.0 Å². The van der Waals surface area contributed by atoms with Gasteiger partial charge in [0.2, 0.25) is 0 Å². The third-order valence-corrected chi connectivity index (χ3v) is 5.95. The van der Waals surface area contributed by atoms with Crippen LogP contribution in [0.4, 0.5) is 13.2 Å². The number of carbonyl (C=O) groups is 1. The van der Waals surface area contributed by atoms with E-state index < -0.39 is 17.3 Å². The molecule has 2 N–H and O–H groups in total. The van der Waals surface area contributed by atoms with Gasteiger partial charge in [0.25, 0.3) is 5.91 Å². The van der Waals surface area contributed by atoms with Gasteiger partial charge in [0.05, 0.1) is 11.3 Å². The summed E-state index contributed by atoms with van der Waals surface area (Å²) in [5, 5.41) is 13.4. The zero-order valence-electron chi connectivity index (χ0n) is 20.8. The Hall–Kier alpha value is -3.91. The van der Waals surface area contributed by atoms with Crippen LogP contribution >= 0.6 is 0 Å². The Morgan fingerprint density at radius 3 is 2.32 bits per heavy atom. The summed E-state index contributed by atoms with van der Waals surface area (Å²) in [5.74, 6) is -0.0711. The molecule has 4 rings (SSSR count). The van der Waals surface area contributed by atoms with Crippen molar-refractivity contribution in [1.29, 1.82) is 0 Å². The van der Waals surface area contributed by atoms with E-state index in [-0.39, 0.29) is 23.0 Å². The smallest absolute Gasteiger partial charge is 0.384 e. The number of aromatic nitrogens is 2. The van der Waals surface area contributed by atoms with Crippen LogP contribution in [-0.2, 0) is 11.8 Å². The minimum atomic E-state index is -4.57. The van der Waals surface area contributed by atoms with Gasteiger partial charge in [-0.05, 0) is 61.7 Å². The molecule has 0 fully saturated rings. The van der Waals surface area contributed by atoms with Gasteiger partial charge >= 0.3 is 6.18 Å². The molecule has 192 valence electrons. The highest BCUT2D eigenvalue weighted by atomic mass is 19.4. The van der Waals surface area contributed by atoms with Crippen molar-refractivity contribution >= 4 is 5.91 Å². The van der Waals surface area contributed by atoms with E-state index >= 15 is 0 Å². The first-order chi connectivity index (χ1) is 17.5. The van der Waals surface area contributed by atoms with Crippen LogP contribution in [-0.4, -0.2) is 27.1 Å². The van der Waals surface area contributed by atoms with Gasteiger partial charge in [-0.25, -0.2) is 4.98 Å². The van der Waals surface area contributed by atoms with Gasteiger partial charge in [-0.2, -0.15) is 13.2 Å². The SMILES string of the molecule is CCCNC(=O)c1cccc(-c2ccc(-n3cc(C(C)(C)O)nc3-c3ccccc3C(F)(F)F)cc2)c1. The quantitative estimate of drug-likeness (QED) is 0.297. The summed E-state index contributed by atoms with van der Waals surface area (Å²) in [5.41, 5.74) is 0.802. The molecule has 0 unspecified atom stereocenters. The lowest BCUT2D eigenvalue weighted by atomic mass is 10.0. The lowest BCUT2D eigenvalue weighted by Crippen LogP contribution is -2.23. The van der Waals surface area contributed by atoms with Gasteiger partial charge in [-0.15, -0.1) is 0 Å². The Morgan fingerprint density at radius 2 is 1.68 bits per heavy atom. The Bertz CT molecular complexity index is 1400. The van der Waals surface area contributed by atoms with E-state index in [1.807, 2.05) is 31.2 Å². The topological polar surface area (TPSA) is 67.2 Å². The molecule has 0 saturated carbocycles. The summed E-state index contributed by atoms with van der Waals surface area (Å²) in [6.07, 6.45) is -2.18. The second-order valence-electron chi connectivity index (χ2n) is 9.31. The van der Waals surface area contributed by atoms with E-state index in [1.54, 1.807) is 35.0 Å². The fourth-order valence-electron chi connectivity index (χ4n) is 3.98. The molecule has 0 radical (unpaired) electrons. The van der Waals surface area contributed by atoms with Crippen molar-refractivity contribution in [3.8, 4) is 28.2 Å². The molecule has 0 aliphatic heterocycles. The standard InChI is InChI=1S/C29H28F3N3O2/c1-4-16-33-27(36)21-9-7-8-20(17-21)19-12-14-22(15-13-19)35-18-25(28(2,3)37)34-26(35)23-10-5-6-11-24(23)29(30,31)32/h5-15,17-18,37H,4,16H2,1-3H3,(H,33,36). The number of nitrogens with zero attached hydrogens (tertiary/aromatic N) is 2. The average molecular weight is 508 g/mol. The molecule has 0 atom stereocenters. The third-order valence-electron chi connectivity index (χ3n) is 5.95. The van der Waals surface area contributed by atoms with E-state index in [0.29, 0.717) is 17.8 Å². The van der Waals surface area contributed by atoms with E-state index in [9.17, 15) is 23.1 Å². The predicted octanol–water partition coefficient (Wildman–Crippen LogP) is 6.59. The van der Waals surface area contributed by atoms with Crippen molar-refractivity contribution < 1.29 is 23.1 Å². The van der Waals surface area contributed by atoms with Crippen LogP contribution in [0.2, 0.25) is 0 Å². The Balaban J connectivity index is 1.76. The van der Waals surface area contributed by atoms with E-state index in [4.69, 9.17) is 0 Å². The molecule has 8 heteroatoms. The number of rotatable bonds is 7. The van der Waals surface area contributed by atoms with Crippen LogP contribution in [0, 0.1) is 0 Å². The zero-order valence-corrected chi connectivity index (χ0v) is 20.8. The molecule has 4 aromatic rings. The summed E-state index contributed by atoms with van der Waals surface area (Å²) in [6, 6.07) is 19.7. The number of imidazole rings is 1. The van der Waals surface area contributed by atoms with E-state index in [0.717, 1.165) is 23.6 Å². The minimum absolute atomic E-state index is 0.0763. The number of hydrogen-bond acceptors (Lipinski definition) is 3. The maximum atomic E-state index is 13.8. The van der Waals surface area contributed by atoms with Crippen LogP contribution in [0.5, 0.6) is 0 Å². The van der Waals surface area contributed by atoms with Crippen LogP contribution in [0.1, 0.15) is 48.8 Å². The fraction of sp³-hybridized carbons (Fsp3) is 0.241. The summed E-state index contributed by atoms with van der Waals surface area (Å²) in [4.78, 5) is 16.8. The normalized spacial score (nSPS) is 12.0. The Labute approximate surface area is 213 Å². The number of hydrogen-bond donors (Lipinski definition) is 2. The summed E-state index contributed by atoms with van der Waals surface area (Å²) < 4.78 is 42.9. The molecule has 1 aromatic heterocycles. The van der Waals surface area contributed by atoms with E-state index in [1.165, 1.54) is 32.0 Å². The summed E-state index contributed by atoms with van der Waals surface area (Å²) >= 11 is 0. The first kappa shape index (κ1) is 26.2. The third kappa shape index (κ3) is 5.75. The van der Waals surface area contributed by atoms with Gasteiger partial charge in [-0.3, -0.25) is 9.36 Å². The van der Waals surface area contributed by atoms with Gasteiger partial charge < -0.3 is 10.4 Å². The number of benzene rings is 3. The molecule has 0 saturated heterocycles. The van der Waals surface area contributed by atoms with Crippen LogP contribution < -0.4 is 5.32 Å². The first-order valence-corrected chi connectivity index (χ1v) is 12.0. The molecule has 1 heterocycles. The van der Waals surface area contributed by atoms with Crippen LogP contribution in [0.25, 0.3) is 28.2 Å². The minimum Gasteiger partial charge on any atom is -0.384 e. The zero-order chi connectivity index (χ0) is 26.8.